The lowest BCUT2D eigenvalue weighted by atomic mass is 9.74. The van der Waals surface area contributed by atoms with E-state index in [2.05, 4.69) is 37.1 Å². The van der Waals surface area contributed by atoms with Gasteiger partial charge in [-0.3, -0.25) is 4.99 Å². The van der Waals surface area contributed by atoms with Crippen LogP contribution < -0.4 is 11.1 Å². The number of hydrogen-bond acceptors (Lipinski definition) is 2. The molecule has 6 heteroatoms. The van der Waals surface area contributed by atoms with Crippen molar-refractivity contribution in [2.75, 3.05) is 19.8 Å². The van der Waals surface area contributed by atoms with Crippen LogP contribution in [0.2, 0.25) is 5.02 Å². The quantitative estimate of drug-likeness (QED) is 0.418. The maximum Gasteiger partial charge on any atom is 0.189 e. The van der Waals surface area contributed by atoms with Crippen LogP contribution in [0, 0.1) is 0 Å². The molecule has 1 aromatic rings. The van der Waals surface area contributed by atoms with Crippen molar-refractivity contribution in [3.8, 4) is 0 Å². The van der Waals surface area contributed by atoms with Crippen molar-refractivity contribution in [2.24, 2.45) is 10.7 Å². The van der Waals surface area contributed by atoms with E-state index in [1.165, 1.54) is 5.56 Å². The first kappa shape index (κ1) is 20.5. The van der Waals surface area contributed by atoms with E-state index in [0.29, 0.717) is 12.5 Å². The highest BCUT2D eigenvalue weighted by atomic mass is 127. The Morgan fingerprint density at radius 3 is 2.57 bits per heavy atom. The Morgan fingerprint density at radius 1 is 1.35 bits per heavy atom. The fraction of sp³-hybridized carbons (Fsp3) is 0.588. The maximum atomic E-state index is 6.17. The van der Waals surface area contributed by atoms with E-state index < -0.39 is 0 Å². The third-order valence-electron chi connectivity index (χ3n) is 3.94. The SMILES string of the molecule is CC(C)(C)NC(N)=NCC1(c2cccc(Cl)c2)CCOCC1.I. The van der Waals surface area contributed by atoms with Crippen LogP contribution >= 0.6 is 35.6 Å². The summed E-state index contributed by atoms with van der Waals surface area (Å²) in [6, 6.07) is 8.06. The van der Waals surface area contributed by atoms with Crippen LogP contribution in [0.4, 0.5) is 0 Å². The number of halogens is 2. The Kier molecular flexibility index (Phi) is 7.61. The van der Waals surface area contributed by atoms with Crippen LogP contribution in [0.15, 0.2) is 29.3 Å². The maximum absolute atomic E-state index is 6.17. The molecular formula is C17H27ClIN3O. The summed E-state index contributed by atoms with van der Waals surface area (Å²) in [7, 11) is 0. The molecular weight excluding hydrogens is 425 g/mol. The first-order valence-corrected chi connectivity index (χ1v) is 8.10. The molecule has 2 rings (SSSR count). The molecule has 0 saturated carbocycles. The molecule has 0 spiro atoms. The Labute approximate surface area is 161 Å². The Balaban J connectivity index is 0.00000264. The number of nitrogens with zero attached hydrogens (tertiary/aromatic N) is 1. The number of rotatable bonds is 3. The zero-order chi connectivity index (χ0) is 16.2. The first-order valence-electron chi connectivity index (χ1n) is 7.73. The molecule has 1 fully saturated rings. The average molecular weight is 452 g/mol. The van der Waals surface area contributed by atoms with Crippen LogP contribution in [-0.4, -0.2) is 31.3 Å². The number of guanidine groups is 1. The van der Waals surface area contributed by atoms with Gasteiger partial charge >= 0.3 is 0 Å². The minimum Gasteiger partial charge on any atom is -0.381 e. The highest BCUT2D eigenvalue weighted by Gasteiger charge is 2.34. The van der Waals surface area contributed by atoms with Crippen molar-refractivity contribution >= 4 is 41.5 Å². The number of nitrogens with one attached hydrogen (secondary N) is 1. The smallest absolute Gasteiger partial charge is 0.189 e. The predicted molar refractivity (Wildman–Crippen MR) is 108 cm³/mol. The van der Waals surface area contributed by atoms with Gasteiger partial charge in [0.05, 0.1) is 6.54 Å². The molecule has 1 heterocycles. The third kappa shape index (κ3) is 6.12. The monoisotopic (exact) mass is 451 g/mol. The van der Waals surface area contributed by atoms with E-state index in [1.807, 2.05) is 18.2 Å². The molecule has 1 aromatic carbocycles. The summed E-state index contributed by atoms with van der Waals surface area (Å²) in [4.78, 5) is 4.60. The summed E-state index contributed by atoms with van der Waals surface area (Å²) in [5.41, 5.74) is 7.10. The average Bonchev–Trinajstić information content (AvgIpc) is 2.44. The third-order valence-corrected chi connectivity index (χ3v) is 4.18. The molecule has 0 atom stereocenters. The molecule has 0 radical (unpaired) electrons. The van der Waals surface area contributed by atoms with E-state index in [9.17, 15) is 0 Å². The summed E-state index contributed by atoms with van der Waals surface area (Å²) in [6.45, 7) is 8.33. The Morgan fingerprint density at radius 2 is 2.00 bits per heavy atom. The van der Waals surface area contributed by atoms with E-state index in [4.69, 9.17) is 22.1 Å². The molecule has 130 valence electrons. The Bertz CT molecular complexity index is 537. The van der Waals surface area contributed by atoms with E-state index in [0.717, 1.165) is 31.1 Å². The van der Waals surface area contributed by atoms with Gasteiger partial charge in [-0.25, -0.2) is 0 Å². The largest absolute Gasteiger partial charge is 0.381 e. The predicted octanol–water partition coefficient (Wildman–Crippen LogP) is 3.71. The zero-order valence-electron chi connectivity index (χ0n) is 14.1. The Hall–Kier alpha value is -0.530. The molecule has 1 aliphatic heterocycles. The number of aliphatic imine (C=N–C) groups is 1. The summed E-state index contributed by atoms with van der Waals surface area (Å²) in [6.07, 6.45) is 1.86. The van der Waals surface area contributed by atoms with Crippen molar-refractivity contribution in [1.29, 1.82) is 0 Å². The summed E-state index contributed by atoms with van der Waals surface area (Å²) in [5, 5.41) is 3.97. The molecule has 1 aliphatic rings. The van der Waals surface area contributed by atoms with Gasteiger partial charge in [0.25, 0.3) is 0 Å². The lowest BCUT2D eigenvalue weighted by Gasteiger charge is -2.37. The molecule has 1 saturated heterocycles. The second-order valence-corrected chi connectivity index (χ2v) is 7.42. The minimum absolute atomic E-state index is 0. The second kappa shape index (κ2) is 8.53. The van der Waals surface area contributed by atoms with Crippen molar-refractivity contribution in [2.45, 2.75) is 44.6 Å². The van der Waals surface area contributed by atoms with Gasteiger partial charge < -0.3 is 15.8 Å². The second-order valence-electron chi connectivity index (χ2n) is 6.98. The van der Waals surface area contributed by atoms with E-state index >= 15 is 0 Å². The topological polar surface area (TPSA) is 59.6 Å². The zero-order valence-corrected chi connectivity index (χ0v) is 17.2. The van der Waals surface area contributed by atoms with Gasteiger partial charge in [-0.2, -0.15) is 0 Å². The first-order chi connectivity index (χ1) is 10.3. The van der Waals surface area contributed by atoms with Gasteiger partial charge in [-0.05, 0) is 51.3 Å². The molecule has 3 N–H and O–H groups in total. The highest BCUT2D eigenvalue weighted by Crippen LogP contribution is 2.36. The fourth-order valence-corrected chi connectivity index (χ4v) is 2.97. The number of nitrogens with two attached hydrogens (primary N) is 1. The lowest BCUT2D eigenvalue weighted by Crippen LogP contribution is -2.46. The van der Waals surface area contributed by atoms with Crippen molar-refractivity contribution in [3.63, 3.8) is 0 Å². The summed E-state index contributed by atoms with van der Waals surface area (Å²) < 4.78 is 5.54. The molecule has 4 nitrogen and oxygen atoms in total. The lowest BCUT2D eigenvalue weighted by molar-refractivity contribution is 0.0531. The number of hydrogen-bond donors (Lipinski definition) is 2. The highest BCUT2D eigenvalue weighted by molar-refractivity contribution is 14.0. The van der Waals surface area contributed by atoms with Gasteiger partial charge in [-0.15, -0.1) is 24.0 Å². The van der Waals surface area contributed by atoms with E-state index in [1.54, 1.807) is 0 Å². The van der Waals surface area contributed by atoms with Gasteiger partial charge in [0.1, 0.15) is 0 Å². The van der Waals surface area contributed by atoms with Crippen molar-refractivity contribution < 1.29 is 4.74 Å². The number of benzene rings is 1. The molecule has 0 aliphatic carbocycles. The molecule has 0 amide bonds. The molecule has 0 aromatic heterocycles. The number of ether oxygens (including phenoxy) is 1. The fourth-order valence-electron chi connectivity index (χ4n) is 2.78. The summed E-state index contributed by atoms with van der Waals surface area (Å²) in [5.74, 6) is 0.486. The van der Waals surface area contributed by atoms with Crippen LogP contribution in [0.25, 0.3) is 0 Å². The van der Waals surface area contributed by atoms with Crippen LogP contribution in [0.5, 0.6) is 0 Å². The van der Waals surface area contributed by atoms with Crippen LogP contribution in [-0.2, 0) is 10.2 Å². The van der Waals surface area contributed by atoms with Gasteiger partial charge in [-0.1, -0.05) is 23.7 Å². The van der Waals surface area contributed by atoms with Crippen LogP contribution in [0.1, 0.15) is 39.2 Å². The van der Waals surface area contributed by atoms with Gasteiger partial charge in [0.15, 0.2) is 5.96 Å². The summed E-state index contributed by atoms with van der Waals surface area (Å²) >= 11 is 6.17. The van der Waals surface area contributed by atoms with Gasteiger partial charge in [0.2, 0.25) is 0 Å². The minimum atomic E-state index is -0.0908. The standard InChI is InChI=1S/C17H26ClN3O.HI/c1-16(2,3)21-15(19)20-12-17(7-9-22-10-8-17)13-5-4-6-14(18)11-13;/h4-6,11H,7-10,12H2,1-3H3,(H3,19,20,21);1H. The normalized spacial score (nSPS) is 18.2. The van der Waals surface area contributed by atoms with Crippen molar-refractivity contribution in [1.82, 2.24) is 5.32 Å². The molecule has 0 bridgehead atoms. The van der Waals surface area contributed by atoms with Crippen LogP contribution in [0.3, 0.4) is 0 Å². The molecule has 23 heavy (non-hydrogen) atoms. The van der Waals surface area contributed by atoms with E-state index in [-0.39, 0.29) is 34.9 Å². The van der Waals surface area contributed by atoms with Crippen molar-refractivity contribution in [3.05, 3.63) is 34.9 Å². The molecule has 0 unspecified atom stereocenters. The van der Waals surface area contributed by atoms with Gasteiger partial charge in [0, 0.05) is 29.2 Å².